The molecule has 0 aliphatic carbocycles. The van der Waals surface area contributed by atoms with Crippen molar-refractivity contribution in [3.05, 3.63) is 48.0 Å². The molecular weight excluding hydrogens is 342 g/mol. The highest BCUT2D eigenvalue weighted by molar-refractivity contribution is 6.11. The van der Waals surface area contributed by atoms with Crippen LogP contribution in [0, 0.1) is 0 Å². The Kier molecular flexibility index (Phi) is 4.50. The molecule has 2 amide bonds. The van der Waals surface area contributed by atoms with E-state index in [0.29, 0.717) is 18.5 Å². The van der Waals surface area contributed by atoms with E-state index in [1.807, 2.05) is 49.4 Å². The number of imide groups is 1. The van der Waals surface area contributed by atoms with Crippen LogP contribution in [0.3, 0.4) is 0 Å². The Morgan fingerprint density at radius 3 is 2.74 bits per heavy atom. The van der Waals surface area contributed by atoms with E-state index in [0.717, 1.165) is 40.1 Å². The zero-order valence-corrected chi connectivity index (χ0v) is 15.0. The summed E-state index contributed by atoms with van der Waals surface area (Å²) in [6, 6.07) is 13.8. The van der Waals surface area contributed by atoms with Crippen LogP contribution in [0.4, 0.5) is 0 Å². The van der Waals surface area contributed by atoms with Crippen molar-refractivity contribution in [3.63, 3.8) is 0 Å². The Balaban J connectivity index is 1.79. The number of hydrogen-bond donors (Lipinski definition) is 0. The normalized spacial score (nSPS) is 11.3. The number of carbonyl (C=O) groups is 2. The number of pyridine rings is 1. The van der Waals surface area contributed by atoms with Crippen LogP contribution >= 0.6 is 0 Å². The molecule has 0 aliphatic rings. The first-order valence-electron chi connectivity index (χ1n) is 8.99. The quantitative estimate of drug-likeness (QED) is 0.389. The number of tetrazole rings is 1. The minimum Gasteiger partial charge on any atom is -0.281 e. The van der Waals surface area contributed by atoms with Crippen LogP contribution in [0.25, 0.3) is 27.3 Å². The lowest BCUT2D eigenvalue weighted by Crippen LogP contribution is -2.28. The first-order valence-corrected chi connectivity index (χ1v) is 8.99. The van der Waals surface area contributed by atoms with Crippen molar-refractivity contribution in [3.8, 4) is 0 Å². The molecule has 2 aromatic heterocycles. The fraction of sp³-hybridized carbons (Fsp3) is 0.250. The maximum Gasteiger partial charge on any atom is 0.229 e. The molecule has 7 nitrogen and oxygen atoms in total. The van der Waals surface area contributed by atoms with Crippen molar-refractivity contribution in [1.29, 1.82) is 0 Å². The average molecular weight is 361 g/mol. The van der Waals surface area contributed by atoms with E-state index in [1.165, 1.54) is 4.90 Å². The summed E-state index contributed by atoms with van der Waals surface area (Å²) < 4.78 is 1.70. The molecule has 4 aromatic rings. The number of benzene rings is 2. The van der Waals surface area contributed by atoms with Crippen LogP contribution < -0.4 is 0 Å². The van der Waals surface area contributed by atoms with E-state index in [-0.39, 0.29) is 12.5 Å². The van der Waals surface area contributed by atoms with Gasteiger partial charge >= 0.3 is 0 Å². The second-order valence-corrected chi connectivity index (χ2v) is 6.54. The number of hydrogen-bond acceptors (Lipinski definition) is 5. The average Bonchev–Trinajstić information content (AvgIpc) is 3.20. The summed E-state index contributed by atoms with van der Waals surface area (Å²) in [6.45, 7) is 2.25. The van der Waals surface area contributed by atoms with E-state index >= 15 is 0 Å². The Hall–Kier alpha value is -3.35. The molecule has 0 N–H and O–H groups in total. The highest BCUT2D eigenvalue weighted by atomic mass is 16.2. The Labute approximate surface area is 155 Å². The van der Waals surface area contributed by atoms with Gasteiger partial charge in [-0.05, 0) is 33.9 Å². The summed E-state index contributed by atoms with van der Waals surface area (Å²) in [5.74, 6) is -0.155. The van der Waals surface area contributed by atoms with E-state index < -0.39 is 0 Å². The maximum absolute atomic E-state index is 12.2. The van der Waals surface area contributed by atoms with Crippen LogP contribution in [-0.2, 0) is 16.1 Å². The van der Waals surface area contributed by atoms with Gasteiger partial charge in [0.25, 0.3) is 0 Å². The van der Waals surface area contributed by atoms with Gasteiger partial charge in [0.1, 0.15) is 0 Å². The number of aromatic nitrogens is 4. The third kappa shape index (κ3) is 3.01. The first kappa shape index (κ1) is 17.1. The molecule has 0 saturated heterocycles. The monoisotopic (exact) mass is 361 g/mol. The second kappa shape index (κ2) is 7.11. The number of fused-ring (bicyclic) bond motifs is 6. The summed E-state index contributed by atoms with van der Waals surface area (Å²) >= 11 is 0. The molecule has 0 spiro atoms. The molecule has 4 rings (SSSR count). The Morgan fingerprint density at radius 2 is 1.96 bits per heavy atom. The fourth-order valence-corrected chi connectivity index (χ4v) is 3.36. The Bertz CT molecular complexity index is 1150. The molecule has 27 heavy (non-hydrogen) atoms. The molecule has 0 saturated carbocycles. The van der Waals surface area contributed by atoms with Gasteiger partial charge in [0.05, 0.1) is 12.1 Å². The summed E-state index contributed by atoms with van der Waals surface area (Å²) in [4.78, 5) is 24.8. The number of amides is 2. The van der Waals surface area contributed by atoms with Gasteiger partial charge in [-0.2, -0.15) is 4.52 Å². The molecule has 0 aliphatic heterocycles. The molecule has 136 valence electrons. The number of rotatable bonds is 6. The van der Waals surface area contributed by atoms with Gasteiger partial charge < -0.3 is 0 Å². The zero-order valence-electron chi connectivity index (χ0n) is 15.0. The first-order chi connectivity index (χ1) is 13.2. The molecule has 0 bridgehead atoms. The van der Waals surface area contributed by atoms with Gasteiger partial charge in [-0.1, -0.05) is 49.7 Å². The lowest BCUT2D eigenvalue weighted by Gasteiger charge is -2.16. The van der Waals surface area contributed by atoms with Crippen molar-refractivity contribution < 1.29 is 9.59 Å². The van der Waals surface area contributed by atoms with E-state index in [2.05, 4.69) is 15.5 Å². The van der Waals surface area contributed by atoms with Gasteiger partial charge in [0.2, 0.25) is 12.3 Å². The molecular formula is C20H19N5O2. The molecule has 0 unspecified atom stereocenters. The van der Waals surface area contributed by atoms with E-state index in [4.69, 9.17) is 0 Å². The smallest absolute Gasteiger partial charge is 0.229 e. The van der Waals surface area contributed by atoms with Gasteiger partial charge in [-0.15, -0.1) is 5.10 Å². The number of carbonyl (C=O) groups excluding carboxylic acids is 2. The SMILES string of the molecule is CCCCC(=O)N(C=O)Cc1ccc2c3ccccc3c3nnnn3c2c1. The van der Waals surface area contributed by atoms with Crippen LogP contribution in [0.5, 0.6) is 0 Å². The predicted molar refractivity (Wildman–Crippen MR) is 102 cm³/mol. The van der Waals surface area contributed by atoms with Gasteiger partial charge in [-0.25, -0.2) is 0 Å². The summed E-state index contributed by atoms with van der Waals surface area (Å²) in [7, 11) is 0. The van der Waals surface area contributed by atoms with E-state index in [1.54, 1.807) is 4.52 Å². The van der Waals surface area contributed by atoms with E-state index in [9.17, 15) is 9.59 Å². The highest BCUT2D eigenvalue weighted by Crippen LogP contribution is 2.28. The Morgan fingerprint density at radius 1 is 1.15 bits per heavy atom. The van der Waals surface area contributed by atoms with Crippen molar-refractivity contribution in [1.82, 2.24) is 24.9 Å². The van der Waals surface area contributed by atoms with Gasteiger partial charge in [-0.3, -0.25) is 14.5 Å². The van der Waals surface area contributed by atoms with Gasteiger partial charge in [0.15, 0.2) is 5.65 Å². The molecule has 0 fully saturated rings. The lowest BCUT2D eigenvalue weighted by molar-refractivity contribution is -0.138. The molecule has 0 atom stereocenters. The molecule has 7 heteroatoms. The highest BCUT2D eigenvalue weighted by Gasteiger charge is 2.15. The topological polar surface area (TPSA) is 80.5 Å². The fourth-order valence-electron chi connectivity index (χ4n) is 3.36. The summed E-state index contributed by atoms with van der Waals surface area (Å²) in [5, 5.41) is 15.1. The largest absolute Gasteiger partial charge is 0.281 e. The van der Waals surface area contributed by atoms with Crippen molar-refractivity contribution >= 4 is 39.6 Å². The lowest BCUT2D eigenvalue weighted by atomic mass is 10.0. The summed E-state index contributed by atoms with van der Waals surface area (Å²) in [6.07, 6.45) is 2.68. The van der Waals surface area contributed by atoms with Crippen LogP contribution in [0.1, 0.15) is 31.7 Å². The van der Waals surface area contributed by atoms with Gasteiger partial charge in [0, 0.05) is 17.2 Å². The van der Waals surface area contributed by atoms with Crippen LogP contribution in [-0.4, -0.2) is 37.3 Å². The molecule has 2 heterocycles. The minimum atomic E-state index is -0.155. The molecule has 0 radical (unpaired) electrons. The number of nitrogens with zero attached hydrogens (tertiary/aromatic N) is 5. The number of unbranched alkanes of at least 4 members (excludes halogenated alkanes) is 1. The third-order valence-electron chi connectivity index (χ3n) is 4.76. The maximum atomic E-state index is 12.2. The second-order valence-electron chi connectivity index (χ2n) is 6.54. The third-order valence-corrected chi connectivity index (χ3v) is 4.76. The standard InChI is InChI=1S/C20H19N5O2/c1-2-3-8-19(27)24(13-26)12-14-9-10-16-15-6-4-5-7-17(15)20-21-22-23-25(20)18(16)11-14/h4-7,9-11,13H,2-3,8,12H2,1H3. The zero-order chi connectivity index (χ0) is 18.8. The summed E-state index contributed by atoms with van der Waals surface area (Å²) in [5.41, 5.74) is 2.38. The predicted octanol–water partition coefficient (Wildman–Crippen LogP) is 3.11. The van der Waals surface area contributed by atoms with Crippen LogP contribution in [0.15, 0.2) is 42.5 Å². The van der Waals surface area contributed by atoms with Crippen molar-refractivity contribution in [2.45, 2.75) is 32.7 Å². The van der Waals surface area contributed by atoms with Crippen molar-refractivity contribution in [2.75, 3.05) is 0 Å². The minimum absolute atomic E-state index is 0.155. The van der Waals surface area contributed by atoms with Crippen molar-refractivity contribution in [2.24, 2.45) is 0 Å². The molecule has 2 aromatic carbocycles. The van der Waals surface area contributed by atoms with Crippen LogP contribution in [0.2, 0.25) is 0 Å².